The first-order valence-corrected chi connectivity index (χ1v) is 32.7. The Morgan fingerprint density at radius 3 is 1.04 bits per heavy atom. The first-order chi connectivity index (χ1) is 38.0. The molecule has 0 bridgehead atoms. The third kappa shape index (κ3) is 61.6. The van der Waals surface area contributed by atoms with Crippen LogP contribution in [0, 0.1) is 0 Å². The summed E-state index contributed by atoms with van der Waals surface area (Å²) in [5, 5.41) is 0. The summed E-state index contributed by atoms with van der Waals surface area (Å²) in [5.74, 6) is -0.872. The molecule has 0 heterocycles. The van der Waals surface area contributed by atoms with Crippen molar-refractivity contribution in [1.82, 2.24) is 0 Å². The van der Waals surface area contributed by atoms with Crippen molar-refractivity contribution < 1.29 is 42.1 Å². The van der Waals surface area contributed by atoms with Gasteiger partial charge in [-0.25, -0.2) is 0 Å². The molecule has 0 aromatic carbocycles. The van der Waals surface area contributed by atoms with Crippen LogP contribution in [-0.2, 0) is 32.7 Å². The van der Waals surface area contributed by atoms with Crippen molar-refractivity contribution in [2.24, 2.45) is 0 Å². The van der Waals surface area contributed by atoms with Crippen LogP contribution in [0.2, 0.25) is 0 Å². The van der Waals surface area contributed by atoms with Crippen LogP contribution < -0.4 is 4.89 Å². The molecule has 0 aromatic heterocycles. The Morgan fingerprint density at radius 2 is 0.692 bits per heavy atom. The van der Waals surface area contributed by atoms with E-state index in [1.165, 1.54) is 103 Å². The maximum absolute atomic E-state index is 12.8. The molecule has 0 aliphatic carbocycles. The van der Waals surface area contributed by atoms with Crippen molar-refractivity contribution in [3.63, 3.8) is 0 Å². The number of ether oxygens (including phenoxy) is 2. The zero-order chi connectivity index (χ0) is 57.0. The number of rotatable bonds is 56. The lowest BCUT2D eigenvalue weighted by molar-refractivity contribution is -0.870. The molecule has 0 fully saturated rings. The van der Waals surface area contributed by atoms with Crippen LogP contribution in [0.15, 0.2) is 122 Å². The summed E-state index contributed by atoms with van der Waals surface area (Å²) in [6.45, 7) is 3.97. The van der Waals surface area contributed by atoms with E-state index in [2.05, 4.69) is 135 Å². The minimum atomic E-state index is -4.65. The topological polar surface area (TPSA) is 111 Å². The number of quaternary nitrogens is 1. The van der Waals surface area contributed by atoms with E-state index in [1.807, 2.05) is 21.1 Å². The van der Waals surface area contributed by atoms with E-state index in [1.54, 1.807) is 0 Å². The zero-order valence-electron chi connectivity index (χ0n) is 50.6. The van der Waals surface area contributed by atoms with Crippen LogP contribution in [0.1, 0.15) is 245 Å². The molecule has 10 heteroatoms. The van der Waals surface area contributed by atoms with Crippen LogP contribution in [0.25, 0.3) is 0 Å². The molecule has 78 heavy (non-hydrogen) atoms. The fourth-order valence-electron chi connectivity index (χ4n) is 8.24. The van der Waals surface area contributed by atoms with E-state index in [9.17, 15) is 19.0 Å². The molecule has 0 aliphatic rings. The molecule has 0 rings (SSSR count). The largest absolute Gasteiger partial charge is 0.756 e. The van der Waals surface area contributed by atoms with Gasteiger partial charge in [-0.05, 0) is 103 Å². The highest BCUT2D eigenvalue weighted by molar-refractivity contribution is 7.45. The number of esters is 2. The van der Waals surface area contributed by atoms with Crippen LogP contribution >= 0.6 is 7.82 Å². The fraction of sp³-hybridized carbons (Fsp3) is 0.676. The summed E-state index contributed by atoms with van der Waals surface area (Å²) in [4.78, 5) is 37.9. The summed E-state index contributed by atoms with van der Waals surface area (Å²) in [6, 6.07) is 0. The average molecular weight is 1110 g/mol. The normalized spacial score (nSPS) is 14.1. The van der Waals surface area contributed by atoms with Crippen molar-refractivity contribution in [2.45, 2.75) is 251 Å². The third-order valence-corrected chi connectivity index (χ3v) is 13.9. The molecule has 0 amide bonds. The van der Waals surface area contributed by atoms with Gasteiger partial charge in [0.1, 0.15) is 19.8 Å². The van der Waals surface area contributed by atoms with Crippen LogP contribution in [-0.4, -0.2) is 70.0 Å². The van der Waals surface area contributed by atoms with Gasteiger partial charge in [0, 0.05) is 12.8 Å². The van der Waals surface area contributed by atoms with E-state index in [-0.39, 0.29) is 26.1 Å². The monoisotopic (exact) mass is 1110 g/mol. The van der Waals surface area contributed by atoms with E-state index in [0.29, 0.717) is 23.9 Å². The van der Waals surface area contributed by atoms with E-state index < -0.39 is 32.5 Å². The number of phosphoric acid groups is 1. The number of hydrogen-bond acceptors (Lipinski definition) is 8. The lowest BCUT2D eigenvalue weighted by Gasteiger charge is -2.28. The molecule has 446 valence electrons. The van der Waals surface area contributed by atoms with Crippen molar-refractivity contribution in [3.8, 4) is 0 Å². The Kier molecular flexibility index (Phi) is 55.4. The summed E-state index contributed by atoms with van der Waals surface area (Å²) < 4.78 is 34.2. The second-order valence-electron chi connectivity index (χ2n) is 21.7. The molecule has 0 radical (unpaired) electrons. The number of allylic oxidation sites excluding steroid dienone is 20. The Hall–Kier alpha value is -3.59. The molecule has 0 spiro atoms. The lowest BCUT2D eigenvalue weighted by Crippen LogP contribution is -2.37. The molecule has 0 saturated carbocycles. The molecule has 0 aromatic rings. The molecule has 9 nitrogen and oxygen atoms in total. The fourth-order valence-corrected chi connectivity index (χ4v) is 8.97. The van der Waals surface area contributed by atoms with Crippen LogP contribution in [0.3, 0.4) is 0 Å². The SMILES string of the molecule is CC/C=C\C/C=C\C/C=C\C/C=C\C/C=C\CCCCCCCCCCCCCCCCCCCCCC(=O)OC(COC(=O)CCCCC/C=C\C/C=C\C/C=C\C/C=C\C/C=C\CC)COP(=O)([O-])OCC[N+](C)(C)C. The second kappa shape index (κ2) is 58.1. The minimum Gasteiger partial charge on any atom is -0.756 e. The molecular weight excluding hydrogens is 990 g/mol. The number of unbranched alkanes of at least 4 members (excludes halogenated alkanes) is 22. The van der Waals surface area contributed by atoms with Crippen LogP contribution in [0.5, 0.6) is 0 Å². The van der Waals surface area contributed by atoms with Gasteiger partial charge >= 0.3 is 11.9 Å². The molecule has 0 N–H and O–H groups in total. The Morgan fingerprint density at radius 1 is 0.397 bits per heavy atom. The Labute approximate surface area is 479 Å². The molecule has 2 atom stereocenters. The quantitative estimate of drug-likeness (QED) is 0.0195. The van der Waals surface area contributed by atoms with Gasteiger partial charge in [-0.3, -0.25) is 14.2 Å². The predicted octanol–water partition coefficient (Wildman–Crippen LogP) is 19.3. The number of hydrogen-bond donors (Lipinski definition) is 0. The second-order valence-corrected chi connectivity index (χ2v) is 23.1. The number of phosphoric ester groups is 1. The first kappa shape index (κ1) is 74.4. The Bertz CT molecular complexity index is 1730. The standard InChI is InChI=1S/C68H116NO8P/c1-6-8-10-12-14-16-18-20-22-24-26-27-28-29-30-31-32-33-34-35-36-37-38-39-40-41-43-45-47-49-51-53-55-57-59-61-68(71)77-66(65-76-78(72,73)75-63-62-69(3,4)5)64-74-67(70)60-58-56-54-52-50-48-46-44-42-25-23-21-19-17-15-13-11-9-7-2/h8-11,14-17,20-23,26-27,29-30,42,44,48,50,66H,6-7,12-13,18-19,24-25,28,31-41,43,45-47,49,51-65H2,1-5H3/b10-8-,11-9-,16-14-,17-15-,22-20-,23-21-,27-26-,30-29-,44-42-,50-48-. The Balaban J connectivity index is 4.08. The molecule has 0 aliphatic heterocycles. The van der Waals surface area contributed by atoms with Crippen molar-refractivity contribution >= 4 is 19.8 Å². The molecule has 2 unspecified atom stereocenters. The van der Waals surface area contributed by atoms with Crippen LogP contribution in [0.4, 0.5) is 0 Å². The van der Waals surface area contributed by atoms with Crippen molar-refractivity contribution in [3.05, 3.63) is 122 Å². The minimum absolute atomic E-state index is 0.0411. The number of carbonyl (C=O) groups is 2. The summed E-state index contributed by atoms with van der Waals surface area (Å²) in [7, 11) is 1.14. The van der Waals surface area contributed by atoms with Crippen molar-refractivity contribution in [1.29, 1.82) is 0 Å². The maximum atomic E-state index is 12.8. The summed E-state index contributed by atoms with van der Waals surface area (Å²) in [6.07, 6.45) is 82.7. The highest BCUT2D eigenvalue weighted by Crippen LogP contribution is 2.38. The highest BCUT2D eigenvalue weighted by atomic mass is 31.2. The van der Waals surface area contributed by atoms with Gasteiger partial charge in [0.2, 0.25) is 0 Å². The van der Waals surface area contributed by atoms with E-state index in [0.717, 1.165) is 103 Å². The van der Waals surface area contributed by atoms with Gasteiger partial charge in [0.05, 0.1) is 27.7 Å². The zero-order valence-corrected chi connectivity index (χ0v) is 51.5. The first-order valence-electron chi connectivity index (χ1n) is 31.2. The number of carbonyl (C=O) groups excluding carboxylic acids is 2. The smallest absolute Gasteiger partial charge is 0.306 e. The highest BCUT2D eigenvalue weighted by Gasteiger charge is 2.22. The van der Waals surface area contributed by atoms with E-state index >= 15 is 0 Å². The van der Waals surface area contributed by atoms with Crippen molar-refractivity contribution in [2.75, 3.05) is 47.5 Å². The van der Waals surface area contributed by atoms with Gasteiger partial charge in [0.15, 0.2) is 6.10 Å². The van der Waals surface area contributed by atoms with Gasteiger partial charge < -0.3 is 27.9 Å². The number of likely N-dealkylation sites (N-methyl/N-ethyl adjacent to an activating group) is 1. The van der Waals surface area contributed by atoms with Gasteiger partial charge in [-0.15, -0.1) is 0 Å². The van der Waals surface area contributed by atoms with Gasteiger partial charge in [-0.2, -0.15) is 0 Å². The maximum Gasteiger partial charge on any atom is 0.306 e. The summed E-state index contributed by atoms with van der Waals surface area (Å²) >= 11 is 0. The van der Waals surface area contributed by atoms with Gasteiger partial charge in [-0.1, -0.05) is 251 Å². The van der Waals surface area contributed by atoms with Gasteiger partial charge in [0.25, 0.3) is 7.82 Å². The third-order valence-electron chi connectivity index (χ3n) is 13.0. The van der Waals surface area contributed by atoms with E-state index in [4.69, 9.17) is 18.5 Å². The lowest BCUT2D eigenvalue weighted by atomic mass is 10.0. The number of nitrogens with zero attached hydrogens (tertiary/aromatic N) is 1. The molecule has 0 saturated heterocycles. The summed E-state index contributed by atoms with van der Waals surface area (Å²) in [5.41, 5.74) is 0. The molecular formula is C68H116NO8P. The average Bonchev–Trinajstić information content (AvgIpc) is 3.41. The predicted molar refractivity (Wildman–Crippen MR) is 332 cm³/mol.